The Labute approximate surface area is 108 Å². The summed E-state index contributed by atoms with van der Waals surface area (Å²) in [6, 6.07) is 0. The molecule has 0 heterocycles. The van der Waals surface area contributed by atoms with Crippen molar-refractivity contribution in [2.45, 2.75) is 33.3 Å². The zero-order valence-corrected chi connectivity index (χ0v) is 11.9. The van der Waals surface area contributed by atoms with Gasteiger partial charge < -0.3 is 14.5 Å². The van der Waals surface area contributed by atoms with Crippen LogP contribution in [0.4, 0.5) is 4.79 Å². The van der Waals surface area contributed by atoms with Crippen LogP contribution in [0.15, 0.2) is 0 Å². The summed E-state index contributed by atoms with van der Waals surface area (Å²) >= 11 is 0. The number of likely N-dealkylation sites (N-methyl/N-ethyl adjacent to an activating group) is 2. The number of carbonyl (C=O) groups excluding carboxylic acids is 3. The van der Waals surface area contributed by atoms with Gasteiger partial charge in [-0.25, -0.2) is 4.79 Å². The topological polar surface area (TPSA) is 66.9 Å². The van der Waals surface area contributed by atoms with Crippen molar-refractivity contribution < 1.29 is 19.1 Å². The standard InChI is InChI=1S/C12H22N2O4/c1-9(15)7-13(5)10(16)8-14(6)11(17)18-12(2,3)4/h7-8H2,1-6H3. The van der Waals surface area contributed by atoms with E-state index < -0.39 is 11.7 Å². The van der Waals surface area contributed by atoms with Gasteiger partial charge in [0.2, 0.25) is 5.91 Å². The molecule has 18 heavy (non-hydrogen) atoms. The van der Waals surface area contributed by atoms with Crippen molar-refractivity contribution in [1.29, 1.82) is 0 Å². The number of ether oxygens (including phenoxy) is 1. The van der Waals surface area contributed by atoms with E-state index in [1.165, 1.54) is 30.8 Å². The van der Waals surface area contributed by atoms with E-state index in [2.05, 4.69) is 0 Å². The van der Waals surface area contributed by atoms with Crippen LogP contribution in [0, 0.1) is 0 Å². The number of rotatable bonds is 4. The molecule has 0 saturated carbocycles. The highest BCUT2D eigenvalue weighted by Gasteiger charge is 2.22. The highest BCUT2D eigenvalue weighted by atomic mass is 16.6. The van der Waals surface area contributed by atoms with Crippen molar-refractivity contribution in [2.24, 2.45) is 0 Å². The van der Waals surface area contributed by atoms with Gasteiger partial charge in [-0.05, 0) is 27.7 Å². The van der Waals surface area contributed by atoms with Gasteiger partial charge in [-0.15, -0.1) is 0 Å². The lowest BCUT2D eigenvalue weighted by atomic mass is 10.2. The zero-order chi connectivity index (χ0) is 14.5. The fourth-order valence-electron chi connectivity index (χ4n) is 1.15. The predicted octanol–water partition coefficient (Wildman–Crippen LogP) is 0.901. The van der Waals surface area contributed by atoms with Crippen molar-refractivity contribution in [3.8, 4) is 0 Å². The summed E-state index contributed by atoms with van der Waals surface area (Å²) in [5, 5.41) is 0. The third-order valence-electron chi connectivity index (χ3n) is 1.96. The molecule has 0 unspecified atom stereocenters. The van der Waals surface area contributed by atoms with Crippen molar-refractivity contribution >= 4 is 17.8 Å². The van der Waals surface area contributed by atoms with Crippen LogP contribution >= 0.6 is 0 Å². The van der Waals surface area contributed by atoms with E-state index in [0.717, 1.165) is 0 Å². The Morgan fingerprint density at radius 3 is 1.89 bits per heavy atom. The average molecular weight is 258 g/mol. The normalized spacial score (nSPS) is 10.8. The van der Waals surface area contributed by atoms with E-state index in [1.54, 1.807) is 20.8 Å². The average Bonchev–Trinajstić information content (AvgIpc) is 2.13. The Bertz CT molecular complexity index is 333. The van der Waals surface area contributed by atoms with Gasteiger partial charge in [0.25, 0.3) is 0 Å². The van der Waals surface area contributed by atoms with E-state index in [0.29, 0.717) is 0 Å². The molecule has 0 aromatic rings. The zero-order valence-electron chi connectivity index (χ0n) is 11.9. The Morgan fingerprint density at radius 2 is 1.50 bits per heavy atom. The Kier molecular flexibility index (Phi) is 5.81. The Balaban J connectivity index is 4.31. The molecule has 0 aliphatic carbocycles. The monoisotopic (exact) mass is 258 g/mol. The maximum Gasteiger partial charge on any atom is 0.410 e. The van der Waals surface area contributed by atoms with Crippen molar-refractivity contribution in [3.63, 3.8) is 0 Å². The number of hydrogen-bond acceptors (Lipinski definition) is 4. The molecule has 0 radical (unpaired) electrons. The van der Waals surface area contributed by atoms with Gasteiger partial charge in [0, 0.05) is 14.1 Å². The van der Waals surface area contributed by atoms with Crippen LogP contribution in [-0.2, 0) is 14.3 Å². The summed E-state index contributed by atoms with van der Waals surface area (Å²) in [6.07, 6.45) is -0.563. The van der Waals surface area contributed by atoms with Gasteiger partial charge in [0.1, 0.15) is 17.9 Å². The van der Waals surface area contributed by atoms with E-state index >= 15 is 0 Å². The van der Waals surface area contributed by atoms with Gasteiger partial charge in [-0.3, -0.25) is 9.59 Å². The van der Waals surface area contributed by atoms with E-state index in [1.807, 2.05) is 0 Å². The van der Waals surface area contributed by atoms with Crippen LogP contribution in [0.3, 0.4) is 0 Å². The van der Waals surface area contributed by atoms with Gasteiger partial charge in [0.15, 0.2) is 0 Å². The molecule has 0 atom stereocenters. The van der Waals surface area contributed by atoms with Crippen molar-refractivity contribution in [2.75, 3.05) is 27.2 Å². The van der Waals surface area contributed by atoms with Crippen molar-refractivity contribution in [3.05, 3.63) is 0 Å². The molecule has 104 valence electrons. The first-order valence-corrected chi connectivity index (χ1v) is 5.70. The molecular formula is C12H22N2O4. The van der Waals surface area contributed by atoms with Gasteiger partial charge in [-0.1, -0.05) is 0 Å². The van der Waals surface area contributed by atoms with E-state index in [9.17, 15) is 14.4 Å². The molecule has 0 bridgehead atoms. The lowest BCUT2D eigenvalue weighted by Crippen LogP contribution is -2.42. The third kappa shape index (κ3) is 6.88. The largest absolute Gasteiger partial charge is 0.444 e. The highest BCUT2D eigenvalue weighted by Crippen LogP contribution is 2.09. The third-order valence-corrected chi connectivity index (χ3v) is 1.96. The molecule has 6 nitrogen and oxygen atoms in total. The van der Waals surface area contributed by atoms with Crippen LogP contribution in [0.5, 0.6) is 0 Å². The Morgan fingerprint density at radius 1 is 1.00 bits per heavy atom. The minimum absolute atomic E-state index is 0.0427. The van der Waals surface area contributed by atoms with Crippen LogP contribution in [0.1, 0.15) is 27.7 Å². The number of nitrogens with zero attached hydrogens (tertiary/aromatic N) is 2. The maximum absolute atomic E-state index is 11.7. The summed E-state index contributed by atoms with van der Waals surface area (Å²) in [4.78, 5) is 36.6. The lowest BCUT2D eigenvalue weighted by Gasteiger charge is -2.25. The maximum atomic E-state index is 11.7. The van der Waals surface area contributed by atoms with Crippen LogP contribution in [0.25, 0.3) is 0 Å². The summed E-state index contributed by atoms with van der Waals surface area (Å²) in [6.45, 7) is 6.59. The molecular weight excluding hydrogens is 236 g/mol. The first kappa shape index (κ1) is 16.4. The van der Waals surface area contributed by atoms with Crippen LogP contribution < -0.4 is 0 Å². The summed E-state index contributed by atoms with van der Waals surface area (Å²) in [5.74, 6) is -0.413. The first-order valence-electron chi connectivity index (χ1n) is 5.70. The predicted molar refractivity (Wildman–Crippen MR) is 67.2 cm³/mol. The molecule has 0 aliphatic rings. The molecule has 0 rings (SSSR count). The van der Waals surface area contributed by atoms with Crippen molar-refractivity contribution in [1.82, 2.24) is 9.80 Å². The van der Waals surface area contributed by atoms with E-state index in [4.69, 9.17) is 4.74 Å². The fraction of sp³-hybridized carbons (Fsp3) is 0.750. The lowest BCUT2D eigenvalue weighted by molar-refractivity contribution is -0.134. The summed E-state index contributed by atoms with van der Waals surface area (Å²) < 4.78 is 5.11. The number of Topliss-reactive ketones (excluding diaryl/α,β-unsaturated/α-hetero) is 1. The summed E-state index contributed by atoms with van der Waals surface area (Å²) in [7, 11) is 3.00. The van der Waals surface area contributed by atoms with Crippen LogP contribution in [-0.4, -0.2) is 60.4 Å². The number of amides is 2. The minimum Gasteiger partial charge on any atom is -0.444 e. The fourth-order valence-corrected chi connectivity index (χ4v) is 1.15. The molecule has 0 aromatic carbocycles. The minimum atomic E-state index is -0.598. The second kappa shape index (κ2) is 6.37. The smallest absolute Gasteiger partial charge is 0.410 e. The van der Waals surface area contributed by atoms with Gasteiger partial charge in [-0.2, -0.15) is 0 Å². The van der Waals surface area contributed by atoms with Gasteiger partial charge >= 0.3 is 6.09 Å². The molecule has 0 fully saturated rings. The summed E-state index contributed by atoms with van der Waals surface area (Å²) in [5.41, 5.74) is -0.598. The first-order chi connectivity index (χ1) is 8.03. The van der Waals surface area contributed by atoms with E-state index in [-0.39, 0.29) is 24.8 Å². The number of carbonyl (C=O) groups is 3. The number of hydrogen-bond donors (Lipinski definition) is 0. The second-order valence-electron chi connectivity index (χ2n) is 5.29. The van der Waals surface area contributed by atoms with Gasteiger partial charge in [0.05, 0.1) is 6.54 Å². The molecule has 6 heteroatoms. The molecule has 2 amide bonds. The second-order valence-corrected chi connectivity index (χ2v) is 5.29. The quantitative estimate of drug-likeness (QED) is 0.751. The molecule has 0 N–H and O–H groups in total. The molecule has 0 aliphatic heterocycles. The molecule has 0 saturated heterocycles. The SMILES string of the molecule is CC(=O)CN(C)C(=O)CN(C)C(=O)OC(C)(C)C. The number of ketones is 1. The Hall–Kier alpha value is -1.59. The highest BCUT2D eigenvalue weighted by molar-refractivity contribution is 5.86. The van der Waals surface area contributed by atoms with Crippen LogP contribution in [0.2, 0.25) is 0 Å². The molecule has 0 spiro atoms. The molecule has 0 aromatic heterocycles.